The van der Waals surface area contributed by atoms with Gasteiger partial charge in [-0.2, -0.15) is 4.98 Å². The van der Waals surface area contributed by atoms with E-state index < -0.39 is 0 Å². The molecule has 4 aromatic rings. The number of aromatic nitrogens is 3. The maximum Gasteiger partial charge on any atom is 0.284 e. The maximum absolute atomic E-state index is 12.9. The van der Waals surface area contributed by atoms with Crippen LogP contribution in [0.5, 0.6) is 0 Å². The first-order valence-corrected chi connectivity index (χ1v) is 11.1. The van der Waals surface area contributed by atoms with Crippen LogP contribution in [0, 0.1) is 0 Å². The Morgan fingerprint density at radius 1 is 0.935 bits per heavy atom. The first kappa shape index (κ1) is 18.4. The van der Waals surface area contributed by atoms with Gasteiger partial charge in [-0.05, 0) is 43.2 Å². The number of benzene rings is 2. The first-order valence-electron chi connectivity index (χ1n) is 11.1. The summed E-state index contributed by atoms with van der Waals surface area (Å²) >= 11 is 0. The molecule has 1 saturated carbocycles. The summed E-state index contributed by atoms with van der Waals surface area (Å²) in [5, 5.41) is 0.476. The number of anilines is 2. The number of ketones is 1. The van der Waals surface area contributed by atoms with Crippen LogP contribution in [-0.4, -0.2) is 32.8 Å². The minimum atomic E-state index is -0.273. The van der Waals surface area contributed by atoms with E-state index >= 15 is 0 Å². The molecule has 2 aromatic carbocycles. The third-order valence-electron chi connectivity index (χ3n) is 6.98. The molecule has 1 aliphatic heterocycles. The van der Waals surface area contributed by atoms with Crippen molar-refractivity contribution < 1.29 is 4.79 Å². The number of piperidine rings is 1. The van der Waals surface area contributed by atoms with Crippen LogP contribution in [0.25, 0.3) is 27.7 Å². The fraction of sp³-hybridized carbons (Fsp3) is 0.375. The molecule has 7 nitrogen and oxygen atoms in total. The summed E-state index contributed by atoms with van der Waals surface area (Å²) in [4.78, 5) is 31.5. The summed E-state index contributed by atoms with van der Waals surface area (Å²) in [6.07, 6.45) is 5.76. The second-order valence-corrected chi connectivity index (χ2v) is 8.80. The lowest BCUT2D eigenvalue weighted by Gasteiger charge is -2.28. The van der Waals surface area contributed by atoms with Gasteiger partial charge >= 0.3 is 0 Å². The Balaban J connectivity index is 1.67. The molecule has 0 bridgehead atoms. The average molecular weight is 415 g/mol. The van der Waals surface area contributed by atoms with Crippen LogP contribution in [0.1, 0.15) is 44.6 Å². The number of carbonyl (C=O) groups excluding carboxylic acids is 1. The van der Waals surface area contributed by atoms with Gasteiger partial charge in [-0.15, -0.1) is 0 Å². The molecular weight excluding hydrogens is 390 g/mol. The standard InChI is InChI=1S/C24H25N5O2/c25-18-6-3-7-20-22(18)23(31)26-24-28(15-4-1-2-5-15)21-14-16(8-9-19(21)29(20)24)27-12-10-17(30)11-13-27/h3,6-9,14-15H,1-2,4-5,10-13,25H2. The minimum Gasteiger partial charge on any atom is -0.398 e. The molecule has 2 N–H and O–H groups in total. The summed E-state index contributed by atoms with van der Waals surface area (Å²) in [7, 11) is 0. The molecule has 1 aliphatic carbocycles. The highest BCUT2D eigenvalue weighted by atomic mass is 16.1. The molecule has 31 heavy (non-hydrogen) atoms. The molecule has 2 fully saturated rings. The minimum absolute atomic E-state index is 0.273. The summed E-state index contributed by atoms with van der Waals surface area (Å²) in [5.41, 5.74) is 10.4. The summed E-state index contributed by atoms with van der Waals surface area (Å²) < 4.78 is 4.36. The highest BCUT2D eigenvalue weighted by Crippen LogP contribution is 2.37. The van der Waals surface area contributed by atoms with E-state index in [1.54, 1.807) is 6.07 Å². The van der Waals surface area contributed by atoms with Crippen LogP contribution >= 0.6 is 0 Å². The summed E-state index contributed by atoms with van der Waals surface area (Å²) in [5.74, 6) is 1.03. The number of hydrogen-bond donors (Lipinski definition) is 1. The zero-order chi connectivity index (χ0) is 21.1. The fourth-order valence-corrected chi connectivity index (χ4v) is 5.42. The molecule has 0 amide bonds. The quantitative estimate of drug-likeness (QED) is 0.505. The van der Waals surface area contributed by atoms with Crippen molar-refractivity contribution in [2.45, 2.75) is 44.6 Å². The Kier molecular flexibility index (Phi) is 4.06. The molecule has 2 aromatic heterocycles. The maximum atomic E-state index is 12.9. The molecule has 7 heteroatoms. The lowest BCUT2D eigenvalue weighted by atomic mass is 10.1. The predicted molar refractivity (Wildman–Crippen MR) is 123 cm³/mol. The number of fused-ring (bicyclic) bond motifs is 5. The van der Waals surface area contributed by atoms with Crippen LogP contribution < -0.4 is 16.2 Å². The number of nitrogens with two attached hydrogens (primary N) is 1. The molecular formula is C24H25N5O2. The first-order chi connectivity index (χ1) is 15.1. The second kappa shape index (κ2) is 6.83. The average Bonchev–Trinajstić information content (AvgIpc) is 3.39. The largest absolute Gasteiger partial charge is 0.398 e. The number of imidazole rings is 1. The van der Waals surface area contributed by atoms with Crippen LogP contribution in [-0.2, 0) is 4.79 Å². The smallest absolute Gasteiger partial charge is 0.284 e. The Morgan fingerprint density at radius 3 is 2.48 bits per heavy atom. The third kappa shape index (κ3) is 2.76. The van der Waals surface area contributed by atoms with Gasteiger partial charge in [-0.3, -0.25) is 14.0 Å². The fourth-order valence-electron chi connectivity index (χ4n) is 5.42. The number of hydrogen-bond acceptors (Lipinski definition) is 5. The van der Waals surface area contributed by atoms with Crippen molar-refractivity contribution in [1.29, 1.82) is 0 Å². The highest BCUT2D eigenvalue weighted by molar-refractivity contribution is 5.96. The van der Waals surface area contributed by atoms with E-state index in [1.807, 2.05) is 12.1 Å². The van der Waals surface area contributed by atoms with Crippen molar-refractivity contribution in [2.75, 3.05) is 23.7 Å². The molecule has 2 aliphatic rings. The predicted octanol–water partition coefficient (Wildman–Crippen LogP) is 3.67. The summed E-state index contributed by atoms with van der Waals surface area (Å²) in [6.45, 7) is 1.51. The molecule has 0 spiro atoms. The SMILES string of the molecule is Nc1cccc2c1c(=O)nc1n(C3CCCC3)c3cc(N4CCC(=O)CC4)ccc3n21. The van der Waals surface area contributed by atoms with Gasteiger partial charge in [-0.1, -0.05) is 18.9 Å². The van der Waals surface area contributed by atoms with Crippen molar-refractivity contribution in [3.05, 3.63) is 46.8 Å². The van der Waals surface area contributed by atoms with Crippen LogP contribution in [0.3, 0.4) is 0 Å². The topological polar surface area (TPSA) is 85.6 Å². The number of nitrogen functional groups attached to an aromatic ring is 1. The van der Waals surface area contributed by atoms with E-state index in [4.69, 9.17) is 5.73 Å². The van der Waals surface area contributed by atoms with Crippen molar-refractivity contribution >= 4 is 44.9 Å². The molecule has 1 saturated heterocycles. The van der Waals surface area contributed by atoms with Gasteiger partial charge in [0.15, 0.2) is 0 Å². The van der Waals surface area contributed by atoms with E-state index in [0.29, 0.717) is 41.5 Å². The van der Waals surface area contributed by atoms with Gasteiger partial charge in [0.25, 0.3) is 5.56 Å². The zero-order valence-corrected chi connectivity index (χ0v) is 17.4. The molecule has 3 heterocycles. The molecule has 158 valence electrons. The van der Waals surface area contributed by atoms with Crippen LogP contribution in [0.4, 0.5) is 11.4 Å². The number of Topliss-reactive ketones (excluding diaryl/α,β-unsaturated/α-hetero) is 1. The lowest BCUT2D eigenvalue weighted by molar-refractivity contribution is -0.119. The van der Waals surface area contributed by atoms with Crippen LogP contribution in [0.15, 0.2) is 41.2 Å². The highest BCUT2D eigenvalue weighted by Gasteiger charge is 2.25. The third-order valence-corrected chi connectivity index (χ3v) is 6.98. The van der Waals surface area contributed by atoms with E-state index in [9.17, 15) is 9.59 Å². The van der Waals surface area contributed by atoms with Gasteiger partial charge in [0.05, 0.1) is 21.9 Å². The monoisotopic (exact) mass is 415 g/mol. The number of carbonyl (C=O) groups is 1. The molecule has 0 unspecified atom stereocenters. The normalized spacial score (nSPS) is 18.1. The van der Waals surface area contributed by atoms with Gasteiger partial charge in [-0.25, -0.2) is 0 Å². The van der Waals surface area contributed by atoms with Gasteiger partial charge < -0.3 is 15.2 Å². The van der Waals surface area contributed by atoms with E-state index in [0.717, 1.165) is 48.2 Å². The van der Waals surface area contributed by atoms with E-state index in [2.05, 4.69) is 37.1 Å². The van der Waals surface area contributed by atoms with E-state index in [-0.39, 0.29) is 5.56 Å². The van der Waals surface area contributed by atoms with Crippen LogP contribution in [0.2, 0.25) is 0 Å². The Bertz CT molecular complexity index is 1400. The summed E-state index contributed by atoms with van der Waals surface area (Å²) in [6, 6.07) is 12.4. The van der Waals surface area contributed by atoms with Crippen molar-refractivity contribution in [1.82, 2.24) is 14.0 Å². The van der Waals surface area contributed by atoms with Crippen molar-refractivity contribution in [3.63, 3.8) is 0 Å². The Hall–Kier alpha value is -3.35. The molecule has 0 atom stereocenters. The van der Waals surface area contributed by atoms with Crippen molar-refractivity contribution in [2.24, 2.45) is 0 Å². The zero-order valence-electron chi connectivity index (χ0n) is 17.4. The Labute approximate surface area is 179 Å². The Morgan fingerprint density at radius 2 is 1.71 bits per heavy atom. The lowest BCUT2D eigenvalue weighted by Crippen LogP contribution is -2.33. The molecule has 0 radical (unpaired) electrons. The van der Waals surface area contributed by atoms with Crippen molar-refractivity contribution in [3.8, 4) is 0 Å². The second-order valence-electron chi connectivity index (χ2n) is 8.80. The van der Waals surface area contributed by atoms with Gasteiger partial charge in [0.1, 0.15) is 5.78 Å². The number of nitrogens with zero attached hydrogens (tertiary/aromatic N) is 4. The number of rotatable bonds is 2. The molecule has 6 rings (SSSR count). The van der Waals surface area contributed by atoms with Gasteiger partial charge in [0, 0.05) is 43.3 Å². The van der Waals surface area contributed by atoms with E-state index in [1.165, 1.54) is 12.8 Å². The van der Waals surface area contributed by atoms with Gasteiger partial charge in [0.2, 0.25) is 5.78 Å².